The molecule has 1 heterocycles. The normalized spacial score (nSPS) is 14.2. The van der Waals surface area contributed by atoms with E-state index in [1.807, 2.05) is 0 Å². The summed E-state index contributed by atoms with van der Waals surface area (Å²) in [6.07, 6.45) is 1.58. The monoisotopic (exact) mass is 309 g/mol. The van der Waals surface area contributed by atoms with Crippen LogP contribution in [-0.2, 0) is 0 Å². The molecule has 1 fully saturated rings. The molecule has 8 heteroatoms. The third kappa shape index (κ3) is 2.46. The maximum Gasteiger partial charge on any atom is 0.337 e. The zero-order valence-electron chi connectivity index (χ0n) is 10.8. The van der Waals surface area contributed by atoms with E-state index in [4.69, 9.17) is 22.0 Å². The molecule has 7 nitrogen and oxygen atoms in total. The molecule has 1 aromatic carbocycles. The molecule has 0 atom stereocenters. The Morgan fingerprint density at radius 2 is 1.90 bits per heavy atom. The van der Waals surface area contributed by atoms with E-state index in [0.29, 0.717) is 5.69 Å². The Kier molecular flexibility index (Phi) is 3.32. The van der Waals surface area contributed by atoms with Crippen molar-refractivity contribution >= 4 is 17.3 Å². The van der Waals surface area contributed by atoms with Gasteiger partial charge in [-0.1, -0.05) is 17.7 Å². The molecular formula is C13H12ClN3O4. The predicted octanol–water partition coefficient (Wildman–Crippen LogP) is 1.57. The molecule has 0 saturated heterocycles. The molecule has 1 aromatic heterocycles. The molecule has 0 bridgehead atoms. The van der Waals surface area contributed by atoms with Gasteiger partial charge in [0.25, 0.3) is 5.56 Å². The summed E-state index contributed by atoms with van der Waals surface area (Å²) in [5.41, 5.74) is -0.551. The summed E-state index contributed by atoms with van der Waals surface area (Å²) in [4.78, 5) is 24.4. The molecular weight excluding hydrogens is 298 g/mol. The van der Waals surface area contributed by atoms with Crippen LogP contribution in [0.2, 0.25) is 5.15 Å². The van der Waals surface area contributed by atoms with Crippen molar-refractivity contribution in [2.75, 3.05) is 5.23 Å². The summed E-state index contributed by atoms with van der Waals surface area (Å²) >= 11 is 6.01. The Labute approximate surface area is 123 Å². The van der Waals surface area contributed by atoms with Crippen LogP contribution in [0.3, 0.4) is 0 Å². The van der Waals surface area contributed by atoms with Crippen LogP contribution < -0.4 is 16.5 Å². The highest BCUT2D eigenvalue weighted by Gasteiger charge is 2.28. The van der Waals surface area contributed by atoms with E-state index in [1.165, 1.54) is 22.8 Å². The van der Waals surface area contributed by atoms with Gasteiger partial charge in [-0.25, -0.2) is 4.79 Å². The maximum absolute atomic E-state index is 12.5. The number of benzene rings is 1. The van der Waals surface area contributed by atoms with E-state index >= 15 is 0 Å². The van der Waals surface area contributed by atoms with E-state index in [2.05, 4.69) is 0 Å². The van der Waals surface area contributed by atoms with Crippen molar-refractivity contribution in [1.82, 2.24) is 9.13 Å². The number of nitrogens with zero attached hydrogens (tertiary/aromatic N) is 3. The average Bonchev–Trinajstić information content (AvgIpc) is 3.23. The van der Waals surface area contributed by atoms with Gasteiger partial charge in [0.15, 0.2) is 0 Å². The molecule has 0 aliphatic heterocycles. The Bertz CT molecular complexity index is 808. The van der Waals surface area contributed by atoms with Crippen molar-refractivity contribution in [3.8, 4) is 5.69 Å². The number of anilines is 1. The fraction of sp³-hybridized carbons (Fsp3) is 0.231. The second kappa shape index (κ2) is 5.03. The largest absolute Gasteiger partial charge is 0.337 e. The van der Waals surface area contributed by atoms with Gasteiger partial charge in [0.05, 0.1) is 11.4 Å². The number of hydrogen-bond donors (Lipinski definition) is 2. The minimum Gasteiger partial charge on any atom is -0.269 e. The van der Waals surface area contributed by atoms with Gasteiger partial charge >= 0.3 is 5.69 Å². The van der Waals surface area contributed by atoms with Crippen molar-refractivity contribution < 1.29 is 10.4 Å². The molecule has 110 valence electrons. The van der Waals surface area contributed by atoms with E-state index in [0.717, 1.165) is 17.4 Å². The van der Waals surface area contributed by atoms with Crippen LogP contribution in [0.1, 0.15) is 18.9 Å². The van der Waals surface area contributed by atoms with Crippen LogP contribution in [-0.4, -0.2) is 19.5 Å². The predicted molar refractivity (Wildman–Crippen MR) is 75.6 cm³/mol. The topological polar surface area (TPSA) is 87.7 Å². The van der Waals surface area contributed by atoms with Gasteiger partial charge in [-0.05, 0) is 31.0 Å². The molecule has 0 spiro atoms. The van der Waals surface area contributed by atoms with Gasteiger partial charge in [-0.2, -0.15) is 0 Å². The quantitative estimate of drug-likeness (QED) is 0.664. The van der Waals surface area contributed by atoms with Crippen molar-refractivity contribution in [3.05, 3.63) is 56.3 Å². The molecule has 21 heavy (non-hydrogen) atoms. The Morgan fingerprint density at radius 1 is 1.19 bits per heavy atom. The fourth-order valence-electron chi connectivity index (χ4n) is 2.19. The first-order chi connectivity index (χ1) is 9.99. The second-order valence-corrected chi connectivity index (χ2v) is 5.22. The smallest absolute Gasteiger partial charge is 0.269 e. The molecule has 1 aliphatic carbocycles. The zero-order valence-corrected chi connectivity index (χ0v) is 11.6. The lowest BCUT2D eigenvalue weighted by Crippen LogP contribution is -2.38. The van der Waals surface area contributed by atoms with Crippen LogP contribution >= 0.6 is 11.6 Å². The van der Waals surface area contributed by atoms with E-state index in [-0.39, 0.29) is 22.1 Å². The standard InChI is InChI=1S/C13H12ClN3O4/c14-11-7-12(18)16(8-4-5-8)13(19)15(11)9-2-1-3-10(6-9)17(20)21/h1-3,6-8,20-21H,4-5H2. The first-order valence-corrected chi connectivity index (χ1v) is 6.69. The number of hydrogen-bond acceptors (Lipinski definition) is 5. The highest BCUT2D eigenvalue weighted by molar-refractivity contribution is 6.29. The van der Waals surface area contributed by atoms with Gasteiger partial charge in [0.2, 0.25) is 0 Å². The number of halogens is 1. The van der Waals surface area contributed by atoms with Crippen LogP contribution in [0.5, 0.6) is 0 Å². The molecule has 2 N–H and O–H groups in total. The lowest BCUT2D eigenvalue weighted by atomic mass is 10.3. The van der Waals surface area contributed by atoms with Crippen molar-refractivity contribution in [3.63, 3.8) is 0 Å². The summed E-state index contributed by atoms with van der Waals surface area (Å²) < 4.78 is 2.34. The third-order valence-corrected chi connectivity index (χ3v) is 3.60. The molecule has 1 aliphatic rings. The minimum absolute atomic E-state index is 0.0264. The van der Waals surface area contributed by atoms with Gasteiger partial charge in [-0.15, -0.1) is 5.23 Å². The molecule has 0 unspecified atom stereocenters. The Balaban J connectivity index is 2.23. The minimum atomic E-state index is -0.533. The SMILES string of the molecule is O=c1cc(Cl)n(-c2cccc(N(O)O)c2)c(=O)n1C1CC1. The maximum atomic E-state index is 12.5. The highest BCUT2D eigenvalue weighted by atomic mass is 35.5. The van der Waals surface area contributed by atoms with Gasteiger partial charge in [-0.3, -0.25) is 24.3 Å². The summed E-state index contributed by atoms with van der Waals surface area (Å²) in [6.45, 7) is 0. The summed E-state index contributed by atoms with van der Waals surface area (Å²) in [5, 5.41) is 18.0. The molecule has 0 amide bonds. The molecule has 0 radical (unpaired) electrons. The van der Waals surface area contributed by atoms with Crippen LogP contribution in [0, 0.1) is 0 Å². The zero-order chi connectivity index (χ0) is 15.1. The van der Waals surface area contributed by atoms with Crippen LogP contribution in [0.4, 0.5) is 5.69 Å². The molecule has 2 aromatic rings. The van der Waals surface area contributed by atoms with E-state index in [1.54, 1.807) is 12.1 Å². The van der Waals surface area contributed by atoms with Crippen molar-refractivity contribution in [1.29, 1.82) is 0 Å². The molecule has 3 rings (SSSR count). The van der Waals surface area contributed by atoms with Gasteiger partial charge in [0.1, 0.15) is 5.15 Å². The summed E-state index contributed by atoms with van der Waals surface area (Å²) in [6, 6.07) is 7.04. The average molecular weight is 310 g/mol. The lowest BCUT2D eigenvalue weighted by molar-refractivity contribution is 0.0291. The van der Waals surface area contributed by atoms with Crippen LogP contribution in [0.15, 0.2) is 39.9 Å². The van der Waals surface area contributed by atoms with E-state index < -0.39 is 11.2 Å². The van der Waals surface area contributed by atoms with Gasteiger partial charge in [0, 0.05) is 12.1 Å². The van der Waals surface area contributed by atoms with Crippen molar-refractivity contribution in [2.45, 2.75) is 18.9 Å². The van der Waals surface area contributed by atoms with E-state index in [9.17, 15) is 9.59 Å². The first-order valence-electron chi connectivity index (χ1n) is 6.31. The summed E-state index contributed by atoms with van der Waals surface area (Å²) in [7, 11) is 0. The Hall–Kier alpha value is -2.09. The van der Waals surface area contributed by atoms with Crippen LogP contribution in [0.25, 0.3) is 5.69 Å². The summed E-state index contributed by atoms with van der Waals surface area (Å²) in [5.74, 6) is 0. The lowest BCUT2D eigenvalue weighted by Gasteiger charge is -2.14. The van der Waals surface area contributed by atoms with Gasteiger partial charge < -0.3 is 0 Å². The second-order valence-electron chi connectivity index (χ2n) is 4.83. The number of rotatable bonds is 3. The number of aromatic nitrogens is 2. The van der Waals surface area contributed by atoms with Crippen molar-refractivity contribution in [2.24, 2.45) is 0 Å². The molecule has 1 saturated carbocycles. The Morgan fingerprint density at radius 3 is 2.52 bits per heavy atom. The first kappa shape index (κ1) is 13.9. The highest BCUT2D eigenvalue weighted by Crippen LogP contribution is 2.32. The third-order valence-electron chi connectivity index (χ3n) is 3.32. The fourth-order valence-corrected chi connectivity index (χ4v) is 2.45.